The molecule has 25 heavy (non-hydrogen) atoms. The van der Waals surface area contributed by atoms with Crippen molar-refractivity contribution in [2.24, 2.45) is 5.41 Å². The molecule has 2 rings (SSSR count). The molecule has 1 fully saturated rings. The Morgan fingerprint density at radius 1 is 1.36 bits per heavy atom. The van der Waals surface area contributed by atoms with Crippen LogP contribution in [0.2, 0.25) is 0 Å². The van der Waals surface area contributed by atoms with Gasteiger partial charge in [-0.25, -0.2) is 13.1 Å². The normalized spacial score (nSPS) is 18.0. The first-order valence-corrected chi connectivity index (χ1v) is 9.60. The Hall–Kier alpha value is -2.11. The van der Waals surface area contributed by atoms with Crippen LogP contribution in [0.15, 0.2) is 23.1 Å². The van der Waals surface area contributed by atoms with Gasteiger partial charge >= 0.3 is 0 Å². The summed E-state index contributed by atoms with van der Waals surface area (Å²) < 4.78 is 28.1. The first-order chi connectivity index (χ1) is 11.5. The highest BCUT2D eigenvalue weighted by Gasteiger charge is 2.28. The van der Waals surface area contributed by atoms with Gasteiger partial charge in [-0.15, -0.1) is 0 Å². The Balaban J connectivity index is 2.21. The zero-order valence-electron chi connectivity index (χ0n) is 15.0. The van der Waals surface area contributed by atoms with E-state index in [1.54, 1.807) is 39.8 Å². The van der Waals surface area contributed by atoms with Crippen molar-refractivity contribution in [3.8, 4) is 6.19 Å². The number of aryl methyl sites for hydroxylation is 1. The van der Waals surface area contributed by atoms with E-state index in [-0.39, 0.29) is 16.8 Å². The number of hydrogen-bond donors (Lipinski definition) is 2. The van der Waals surface area contributed by atoms with Crippen molar-refractivity contribution < 1.29 is 13.2 Å². The van der Waals surface area contributed by atoms with Crippen LogP contribution in [0.25, 0.3) is 0 Å². The maximum absolute atomic E-state index is 12.7. The summed E-state index contributed by atoms with van der Waals surface area (Å²) in [6.07, 6.45) is 2.62. The molecular weight excluding hydrogens is 340 g/mol. The standard InChI is InChI=1S/C17H24N4O3S/c1-12-5-6-13(19-16(22)17(2,3)4)9-15(12)25(23,24)20-14-7-8-21(10-14)11-18/h5-6,9,14,20H,7-8,10H2,1-4H3,(H,19,22)/t14-/m1/s1. The third kappa shape index (κ3) is 4.71. The number of amides is 1. The second-order valence-electron chi connectivity index (χ2n) is 7.34. The van der Waals surface area contributed by atoms with Crippen LogP contribution in [0, 0.1) is 23.8 Å². The van der Waals surface area contributed by atoms with E-state index >= 15 is 0 Å². The van der Waals surface area contributed by atoms with E-state index in [1.807, 2.05) is 6.19 Å². The number of hydrogen-bond acceptors (Lipinski definition) is 5. The molecule has 0 saturated carbocycles. The Morgan fingerprint density at radius 3 is 2.60 bits per heavy atom. The lowest BCUT2D eigenvalue weighted by atomic mass is 9.95. The molecule has 1 aliphatic rings. The number of nitrogens with one attached hydrogen (secondary N) is 2. The molecule has 1 atom stereocenters. The van der Waals surface area contributed by atoms with Crippen LogP contribution < -0.4 is 10.0 Å². The number of carbonyl (C=O) groups is 1. The first-order valence-electron chi connectivity index (χ1n) is 8.12. The number of nitriles is 1. The van der Waals surface area contributed by atoms with Gasteiger partial charge in [0, 0.05) is 30.2 Å². The van der Waals surface area contributed by atoms with Crippen LogP contribution in [0.1, 0.15) is 32.8 Å². The van der Waals surface area contributed by atoms with Crippen LogP contribution in [0.4, 0.5) is 5.69 Å². The Kier molecular flexibility index (Phi) is 5.40. The third-order valence-corrected chi connectivity index (χ3v) is 5.73. The van der Waals surface area contributed by atoms with Gasteiger partial charge in [0.05, 0.1) is 4.90 Å². The molecule has 1 amide bonds. The highest BCUT2D eigenvalue weighted by atomic mass is 32.2. The SMILES string of the molecule is Cc1ccc(NC(=O)C(C)(C)C)cc1S(=O)(=O)N[C@@H]1CCN(C#N)C1. The van der Waals surface area contributed by atoms with Gasteiger partial charge in [-0.2, -0.15) is 5.26 Å². The predicted molar refractivity (Wildman–Crippen MR) is 95.2 cm³/mol. The Bertz CT molecular complexity index is 806. The molecule has 8 heteroatoms. The predicted octanol–water partition coefficient (Wildman–Crippen LogP) is 1.81. The number of nitrogens with zero attached hydrogens (tertiary/aromatic N) is 2. The summed E-state index contributed by atoms with van der Waals surface area (Å²) in [5.41, 5.74) is 0.458. The lowest BCUT2D eigenvalue weighted by Gasteiger charge is -2.19. The molecule has 7 nitrogen and oxygen atoms in total. The lowest BCUT2D eigenvalue weighted by molar-refractivity contribution is -0.123. The quantitative estimate of drug-likeness (QED) is 0.793. The van der Waals surface area contributed by atoms with Gasteiger partial charge in [-0.05, 0) is 31.0 Å². The van der Waals surface area contributed by atoms with Crippen LogP contribution >= 0.6 is 0 Å². The minimum Gasteiger partial charge on any atom is -0.326 e. The fraction of sp³-hybridized carbons (Fsp3) is 0.529. The molecule has 0 spiro atoms. The van der Waals surface area contributed by atoms with Gasteiger partial charge < -0.3 is 10.2 Å². The van der Waals surface area contributed by atoms with E-state index in [4.69, 9.17) is 5.26 Å². The largest absolute Gasteiger partial charge is 0.326 e. The fourth-order valence-corrected chi connectivity index (χ4v) is 4.05. The molecule has 0 unspecified atom stereocenters. The van der Waals surface area contributed by atoms with E-state index in [9.17, 15) is 13.2 Å². The van der Waals surface area contributed by atoms with Crippen LogP contribution in [0.3, 0.4) is 0 Å². The minimum absolute atomic E-state index is 0.134. The Labute approximate surface area is 149 Å². The van der Waals surface area contributed by atoms with Crippen molar-refractivity contribution in [3.63, 3.8) is 0 Å². The number of carbonyl (C=O) groups excluding carboxylic acids is 1. The molecule has 1 aromatic rings. The summed E-state index contributed by atoms with van der Waals surface area (Å²) in [6.45, 7) is 7.99. The average molecular weight is 364 g/mol. The zero-order chi connectivity index (χ0) is 18.8. The highest BCUT2D eigenvalue weighted by Crippen LogP contribution is 2.23. The van der Waals surface area contributed by atoms with Crippen molar-refractivity contribution >= 4 is 21.6 Å². The molecule has 1 saturated heterocycles. The van der Waals surface area contributed by atoms with E-state index in [0.29, 0.717) is 30.8 Å². The maximum atomic E-state index is 12.7. The van der Waals surface area contributed by atoms with Crippen molar-refractivity contribution in [1.29, 1.82) is 5.26 Å². The second kappa shape index (κ2) is 7.02. The lowest BCUT2D eigenvalue weighted by Crippen LogP contribution is -2.36. The van der Waals surface area contributed by atoms with Gasteiger partial charge in [-0.1, -0.05) is 26.8 Å². The number of sulfonamides is 1. The molecule has 2 N–H and O–H groups in total. The van der Waals surface area contributed by atoms with Crippen LogP contribution in [0.5, 0.6) is 0 Å². The average Bonchev–Trinajstić information content (AvgIpc) is 2.94. The molecule has 1 aliphatic heterocycles. The number of rotatable bonds is 4. The Morgan fingerprint density at radius 2 is 2.04 bits per heavy atom. The first kappa shape index (κ1) is 19.2. The molecule has 1 heterocycles. The van der Waals surface area contributed by atoms with Gasteiger partial charge in [-0.3, -0.25) is 4.79 Å². The molecule has 136 valence electrons. The summed E-state index contributed by atoms with van der Waals surface area (Å²) in [5, 5.41) is 11.6. The smallest absolute Gasteiger partial charge is 0.241 e. The fourth-order valence-electron chi connectivity index (χ4n) is 2.52. The van der Waals surface area contributed by atoms with Gasteiger partial charge in [0.1, 0.15) is 0 Å². The van der Waals surface area contributed by atoms with Crippen molar-refractivity contribution in [3.05, 3.63) is 23.8 Å². The molecule has 0 aliphatic carbocycles. The van der Waals surface area contributed by atoms with Gasteiger partial charge in [0.25, 0.3) is 0 Å². The highest BCUT2D eigenvalue weighted by molar-refractivity contribution is 7.89. The van der Waals surface area contributed by atoms with Crippen molar-refractivity contribution in [2.45, 2.75) is 45.1 Å². The van der Waals surface area contributed by atoms with E-state index in [1.165, 1.54) is 11.0 Å². The topological polar surface area (TPSA) is 102 Å². The summed E-state index contributed by atoms with van der Waals surface area (Å²) >= 11 is 0. The summed E-state index contributed by atoms with van der Waals surface area (Å²) in [4.78, 5) is 13.8. The maximum Gasteiger partial charge on any atom is 0.241 e. The van der Waals surface area contributed by atoms with E-state index < -0.39 is 15.4 Å². The third-order valence-electron chi connectivity index (χ3n) is 4.07. The van der Waals surface area contributed by atoms with Crippen molar-refractivity contribution in [2.75, 3.05) is 18.4 Å². The van der Waals surface area contributed by atoms with Gasteiger partial charge in [0.2, 0.25) is 15.9 Å². The summed E-state index contributed by atoms with van der Waals surface area (Å²) in [6, 6.07) is 4.53. The van der Waals surface area contributed by atoms with Gasteiger partial charge in [0.15, 0.2) is 6.19 Å². The minimum atomic E-state index is -3.74. The molecular formula is C17H24N4O3S. The zero-order valence-corrected chi connectivity index (χ0v) is 15.8. The monoisotopic (exact) mass is 364 g/mol. The van der Waals surface area contributed by atoms with Crippen molar-refractivity contribution in [1.82, 2.24) is 9.62 Å². The number of anilines is 1. The van der Waals surface area contributed by atoms with E-state index in [0.717, 1.165) is 0 Å². The number of benzene rings is 1. The molecule has 0 bridgehead atoms. The second-order valence-corrected chi connectivity index (χ2v) is 9.02. The molecule has 1 aromatic carbocycles. The molecule has 0 aromatic heterocycles. The van der Waals surface area contributed by atoms with Crippen LogP contribution in [-0.4, -0.2) is 38.4 Å². The summed E-state index contributed by atoms with van der Waals surface area (Å²) in [5.74, 6) is -0.187. The van der Waals surface area contributed by atoms with Crippen LogP contribution in [-0.2, 0) is 14.8 Å². The van der Waals surface area contributed by atoms with E-state index in [2.05, 4.69) is 10.0 Å². The summed E-state index contributed by atoms with van der Waals surface area (Å²) in [7, 11) is -3.74. The molecule has 0 radical (unpaired) electrons. The number of likely N-dealkylation sites (tertiary alicyclic amines) is 1.